The number of aromatic nitrogens is 3. The van der Waals surface area contributed by atoms with E-state index in [1.807, 2.05) is 0 Å². The summed E-state index contributed by atoms with van der Waals surface area (Å²) in [5.74, 6) is -0.435. The Morgan fingerprint density at radius 3 is 2.76 bits per heavy atom. The van der Waals surface area contributed by atoms with E-state index in [1.54, 1.807) is 4.68 Å². The molecule has 96 valence electrons. The van der Waals surface area contributed by atoms with Gasteiger partial charge in [0, 0.05) is 13.7 Å². The number of ether oxygens (including phenoxy) is 1. The molecule has 6 heteroatoms. The second kappa shape index (κ2) is 6.34. The minimum Gasteiger partial charge on any atom is -0.476 e. The zero-order valence-corrected chi connectivity index (χ0v) is 10.5. The van der Waals surface area contributed by atoms with Crippen LogP contribution >= 0.6 is 0 Å². The molecule has 6 nitrogen and oxygen atoms in total. The van der Waals surface area contributed by atoms with Crippen LogP contribution in [0.5, 0.6) is 0 Å². The standard InChI is InChI=1S/C11H19N3O3/c1-8(2)5-4-6-14-9(7-17-3)10(11(15)16)12-13-14/h8H,4-7H2,1-3H3,(H,15,16). The fourth-order valence-electron chi connectivity index (χ4n) is 1.61. The molecule has 1 rings (SSSR count). The van der Waals surface area contributed by atoms with Crippen molar-refractivity contribution in [3.8, 4) is 0 Å². The van der Waals surface area contributed by atoms with Crippen LogP contribution in [0.2, 0.25) is 0 Å². The maximum absolute atomic E-state index is 10.9. The van der Waals surface area contributed by atoms with Gasteiger partial charge in [-0.3, -0.25) is 0 Å². The maximum atomic E-state index is 10.9. The van der Waals surface area contributed by atoms with Gasteiger partial charge in [-0.15, -0.1) is 5.10 Å². The van der Waals surface area contributed by atoms with Crippen molar-refractivity contribution in [1.29, 1.82) is 0 Å². The molecule has 0 unspecified atom stereocenters. The predicted molar refractivity (Wildman–Crippen MR) is 61.8 cm³/mol. The van der Waals surface area contributed by atoms with E-state index in [9.17, 15) is 4.79 Å². The van der Waals surface area contributed by atoms with E-state index in [1.165, 1.54) is 7.11 Å². The summed E-state index contributed by atoms with van der Waals surface area (Å²) in [6, 6.07) is 0. The Kier molecular flexibility index (Phi) is 5.09. The van der Waals surface area contributed by atoms with E-state index in [0.717, 1.165) is 12.8 Å². The highest BCUT2D eigenvalue weighted by atomic mass is 16.5. The maximum Gasteiger partial charge on any atom is 0.358 e. The average molecular weight is 241 g/mol. The molecule has 0 bridgehead atoms. The van der Waals surface area contributed by atoms with Gasteiger partial charge in [0.05, 0.1) is 12.3 Å². The summed E-state index contributed by atoms with van der Waals surface area (Å²) in [6.45, 7) is 5.20. The van der Waals surface area contributed by atoms with Gasteiger partial charge in [-0.25, -0.2) is 9.48 Å². The van der Waals surface area contributed by atoms with Crippen LogP contribution in [0.1, 0.15) is 42.9 Å². The van der Waals surface area contributed by atoms with Crippen molar-refractivity contribution in [1.82, 2.24) is 15.0 Å². The Bertz CT molecular complexity index is 374. The van der Waals surface area contributed by atoms with Gasteiger partial charge < -0.3 is 9.84 Å². The summed E-state index contributed by atoms with van der Waals surface area (Å²) in [6.07, 6.45) is 2.03. The van der Waals surface area contributed by atoms with Crippen molar-refractivity contribution in [2.75, 3.05) is 7.11 Å². The second-order valence-electron chi connectivity index (χ2n) is 4.38. The average Bonchev–Trinajstić information content (AvgIpc) is 2.62. The first-order valence-electron chi connectivity index (χ1n) is 5.70. The minimum atomic E-state index is -1.06. The van der Waals surface area contributed by atoms with Crippen molar-refractivity contribution in [3.63, 3.8) is 0 Å². The summed E-state index contributed by atoms with van der Waals surface area (Å²) in [5, 5.41) is 16.5. The lowest BCUT2D eigenvalue weighted by Gasteiger charge is -2.07. The molecule has 0 saturated heterocycles. The molecule has 1 heterocycles. The van der Waals surface area contributed by atoms with Crippen molar-refractivity contribution in [2.24, 2.45) is 5.92 Å². The quantitative estimate of drug-likeness (QED) is 0.783. The van der Waals surface area contributed by atoms with Crippen molar-refractivity contribution in [3.05, 3.63) is 11.4 Å². The highest BCUT2D eigenvalue weighted by molar-refractivity contribution is 5.86. The molecular formula is C11H19N3O3. The Morgan fingerprint density at radius 1 is 1.53 bits per heavy atom. The lowest BCUT2D eigenvalue weighted by Crippen LogP contribution is -2.10. The minimum absolute atomic E-state index is 0.0172. The largest absolute Gasteiger partial charge is 0.476 e. The molecule has 17 heavy (non-hydrogen) atoms. The summed E-state index contributed by atoms with van der Waals surface area (Å²) in [7, 11) is 1.52. The first kappa shape index (κ1) is 13.6. The Labute approximate surface area is 101 Å². The number of carbonyl (C=O) groups is 1. The molecule has 0 fully saturated rings. The zero-order valence-electron chi connectivity index (χ0n) is 10.5. The van der Waals surface area contributed by atoms with Gasteiger partial charge in [-0.05, 0) is 18.8 Å². The molecule has 0 atom stereocenters. The summed E-state index contributed by atoms with van der Waals surface area (Å²) in [4.78, 5) is 10.9. The number of carboxylic acids is 1. The third-order valence-electron chi connectivity index (χ3n) is 2.47. The van der Waals surface area contributed by atoms with Crippen LogP contribution in [0.4, 0.5) is 0 Å². The first-order chi connectivity index (χ1) is 8.06. The molecular weight excluding hydrogens is 222 g/mol. The smallest absolute Gasteiger partial charge is 0.358 e. The fraction of sp³-hybridized carbons (Fsp3) is 0.727. The van der Waals surface area contributed by atoms with Gasteiger partial charge in [-0.2, -0.15) is 0 Å². The van der Waals surface area contributed by atoms with Gasteiger partial charge in [-0.1, -0.05) is 19.1 Å². The van der Waals surface area contributed by atoms with Gasteiger partial charge in [0.2, 0.25) is 0 Å². The third-order valence-corrected chi connectivity index (χ3v) is 2.47. The number of nitrogens with zero attached hydrogens (tertiary/aromatic N) is 3. The lowest BCUT2D eigenvalue weighted by atomic mass is 10.1. The van der Waals surface area contributed by atoms with Crippen molar-refractivity contribution < 1.29 is 14.6 Å². The molecule has 0 aliphatic heterocycles. The number of hydrogen-bond acceptors (Lipinski definition) is 4. The Balaban J connectivity index is 2.73. The number of aromatic carboxylic acids is 1. The zero-order chi connectivity index (χ0) is 12.8. The Morgan fingerprint density at radius 2 is 2.24 bits per heavy atom. The van der Waals surface area contributed by atoms with Gasteiger partial charge in [0.15, 0.2) is 5.69 Å². The molecule has 0 aliphatic rings. The fourth-order valence-corrected chi connectivity index (χ4v) is 1.61. The van der Waals surface area contributed by atoms with Crippen molar-refractivity contribution in [2.45, 2.75) is 39.8 Å². The molecule has 0 saturated carbocycles. The van der Waals surface area contributed by atoms with E-state index < -0.39 is 5.97 Å². The molecule has 0 radical (unpaired) electrons. The molecule has 0 aromatic carbocycles. The Hall–Kier alpha value is -1.43. The normalized spacial score (nSPS) is 11.1. The molecule has 1 aromatic rings. The summed E-state index contributed by atoms with van der Waals surface area (Å²) >= 11 is 0. The third kappa shape index (κ3) is 3.81. The predicted octanol–water partition coefficient (Wildman–Crippen LogP) is 1.56. The first-order valence-corrected chi connectivity index (χ1v) is 5.70. The van der Waals surface area contributed by atoms with Crippen LogP contribution in [0.3, 0.4) is 0 Å². The molecule has 0 spiro atoms. The van der Waals surface area contributed by atoms with Crippen LogP contribution in [-0.4, -0.2) is 33.2 Å². The number of methoxy groups -OCH3 is 1. The van der Waals surface area contributed by atoms with E-state index in [0.29, 0.717) is 18.2 Å². The highest BCUT2D eigenvalue weighted by Crippen LogP contribution is 2.10. The second-order valence-corrected chi connectivity index (χ2v) is 4.38. The number of aryl methyl sites for hydroxylation is 1. The van der Waals surface area contributed by atoms with Gasteiger partial charge in [0.1, 0.15) is 0 Å². The topological polar surface area (TPSA) is 77.2 Å². The van der Waals surface area contributed by atoms with Gasteiger partial charge in [0.25, 0.3) is 0 Å². The highest BCUT2D eigenvalue weighted by Gasteiger charge is 2.18. The SMILES string of the molecule is COCc1c(C(=O)O)nnn1CCCC(C)C. The van der Waals surface area contributed by atoms with Crippen molar-refractivity contribution >= 4 is 5.97 Å². The van der Waals surface area contributed by atoms with Crippen LogP contribution in [-0.2, 0) is 17.9 Å². The number of carboxylic acid groups (broad SMARTS) is 1. The van der Waals surface area contributed by atoms with Crippen LogP contribution in [0, 0.1) is 5.92 Å². The van der Waals surface area contributed by atoms with E-state index in [2.05, 4.69) is 24.2 Å². The number of hydrogen-bond donors (Lipinski definition) is 1. The van der Waals surface area contributed by atoms with Gasteiger partial charge >= 0.3 is 5.97 Å². The lowest BCUT2D eigenvalue weighted by molar-refractivity contribution is 0.0684. The monoisotopic (exact) mass is 241 g/mol. The summed E-state index contributed by atoms with van der Waals surface area (Å²) < 4.78 is 6.60. The van der Waals surface area contributed by atoms with E-state index in [4.69, 9.17) is 9.84 Å². The molecule has 0 aliphatic carbocycles. The van der Waals surface area contributed by atoms with E-state index in [-0.39, 0.29) is 12.3 Å². The van der Waals surface area contributed by atoms with E-state index >= 15 is 0 Å². The molecule has 1 N–H and O–H groups in total. The van der Waals surface area contributed by atoms with Crippen LogP contribution in [0.15, 0.2) is 0 Å². The summed E-state index contributed by atoms with van der Waals surface area (Å²) in [5.41, 5.74) is 0.514. The molecule has 1 aromatic heterocycles. The van der Waals surface area contributed by atoms with Crippen LogP contribution in [0.25, 0.3) is 0 Å². The number of rotatable bonds is 7. The molecule has 0 amide bonds. The van der Waals surface area contributed by atoms with Crippen LogP contribution < -0.4 is 0 Å².